The molecule has 2 atom stereocenters. The first kappa shape index (κ1) is 10.5. The second kappa shape index (κ2) is 4.22. The molecule has 0 aromatic heterocycles. The summed E-state index contributed by atoms with van der Waals surface area (Å²) >= 11 is 0. The Bertz CT molecular complexity index is 190. The Hall–Kier alpha value is -0.0400. The van der Waals surface area contributed by atoms with Gasteiger partial charge in [0.05, 0.1) is 0 Å². The highest BCUT2D eigenvalue weighted by molar-refractivity contribution is 4.88. The molecular weight excluding hydrogens is 170 g/mol. The molecule has 1 heteroatoms. The fraction of sp³-hybridized carbons (Fsp3) is 1.00. The summed E-state index contributed by atoms with van der Waals surface area (Å²) in [7, 11) is 2.30. The first-order valence-corrected chi connectivity index (χ1v) is 6.39. The van der Waals surface area contributed by atoms with E-state index >= 15 is 0 Å². The number of likely N-dealkylation sites (tertiary alicyclic amines) is 1. The van der Waals surface area contributed by atoms with Crippen molar-refractivity contribution in [2.75, 3.05) is 20.1 Å². The summed E-state index contributed by atoms with van der Waals surface area (Å²) in [5.41, 5.74) is 0.720. The van der Waals surface area contributed by atoms with Gasteiger partial charge in [0.2, 0.25) is 0 Å². The number of rotatable bonds is 0. The highest BCUT2D eigenvalue weighted by Gasteiger charge is 2.35. The van der Waals surface area contributed by atoms with Crippen molar-refractivity contribution in [3.05, 3.63) is 0 Å². The minimum Gasteiger partial charge on any atom is -0.306 e. The molecule has 0 radical (unpaired) electrons. The number of nitrogens with zero attached hydrogens (tertiary/aromatic N) is 1. The molecule has 1 aliphatic heterocycles. The summed E-state index contributed by atoms with van der Waals surface area (Å²) in [5.74, 6) is 0.988. The minimum atomic E-state index is 0.720. The normalized spacial score (nSPS) is 41.1. The lowest BCUT2D eigenvalue weighted by Crippen LogP contribution is -2.40. The monoisotopic (exact) mass is 195 g/mol. The van der Waals surface area contributed by atoms with Crippen LogP contribution in [0.3, 0.4) is 0 Å². The lowest BCUT2D eigenvalue weighted by atomic mass is 9.74. The lowest BCUT2D eigenvalue weighted by molar-refractivity contribution is 0.0909. The maximum absolute atomic E-state index is 2.56. The van der Waals surface area contributed by atoms with Crippen LogP contribution in [0.1, 0.15) is 51.9 Å². The van der Waals surface area contributed by atoms with E-state index < -0.39 is 0 Å². The molecule has 2 aliphatic rings. The predicted molar refractivity (Wildman–Crippen MR) is 61.4 cm³/mol. The smallest absolute Gasteiger partial charge is 0.00349 e. The zero-order chi connectivity index (χ0) is 10.0. The van der Waals surface area contributed by atoms with E-state index in [1.165, 1.54) is 58.0 Å². The number of hydrogen-bond donors (Lipinski definition) is 0. The van der Waals surface area contributed by atoms with Gasteiger partial charge in [0.25, 0.3) is 0 Å². The molecule has 2 fully saturated rings. The van der Waals surface area contributed by atoms with Crippen LogP contribution in [0, 0.1) is 11.3 Å². The van der Waals surface area contributed by atoms with Crippen molar-refractivity contribution in [1.82, 2.24) is 4.90 Å². The van der Waals surface area contributed by atoms with Gasteiger partial charge in [-0.05, 0) is 50.6 Å². The van der Waals surface area contributed by atoms with E-state index in [-0.39, 0.29) is 0 Å². The van der Waals surface area contributed by atoms with Gasteiger partial charge in [-0.15, -0.1) is 0 Å². The topological polar surface area (TPSA) is 3.24 Å². The Morgan fingerprint density at radius 3 is 2.64 bits per heavy atom. The predicted octanol–water partition coefficient (Wildman–Crippen LogP) is 3.30. The Kier molecular flexibility index (Phi) is 3.16. The third-order valence-electron chi connectivity index (χ3n) is 4.42. The van der Waals surface area contributed by atoms with Gasteiger partial charge < -0.3 is 4.90 Å². The first-order chi connectivity index (χ1) is 6.70. The maximum Gasteiger partial charge on any atom is 0.00349 e. The Labute approximate surface area is 88.9 Å². The number of piperidine rings is 1. The van der Waals surface area contributed by atoms with Crippen molar-refractivity contribution >= 4 is 0 Å². The molecule has 0 bridgehead atoms. The number of hydrogen-bond acceptors (Lipinski definition) is 1. The standard InChI is InChI=1S/C13H25N/c1-12-5-3-7-13(9-6-12)8-4-10-14(2)11-13/h12H,3-11H2,1-2H3. The zero-order valence-corrected chi connectivity index (χ0v) is 9.89. The maximum atomic E-state index is 2.56. The van der Waals surface area contributed by atoms with Crippen molar-refractivity contribution in [2.45, 2.75) is 51.9 Å². The van der Waals surface area contributed by atoms with Gasteiger partial charge >= 0.3 is 0 Å². The van der Waals surface area contributed by atoms with Crippen LogP contribution >= 0.6 is 0 Å². The van der Waals surface area contributed by atoms with Gasteiger partial charge in [0.1, 0.15) is 0 Å². The molecule has 0 aromatic rings. The fourth-order valence-electron chi connectivity index (χ4n) is 3.51. The molecule has 0 amide bonds. The molecule has 1 spiro atoms. The van der Waals surface area contributed by atoms with Crippen LogP contribution in [0.4, 0.5) is 0 Å². The molecule has 1 saturated carbocycles. The van der Waals surface area contributed by atoms with Gasteiger partial charge in [0.15, 0.2) is 0 Å². The van der Waals surface area contributed by atoms with Crippen LogP contribution in [0.25, 0.3) is 0 Å². The van der Waals surface area contributed by atoms with E-state index in [1.54, 1.807) is 0 Å². The largest absolute Gasteiger partial charge is 0.306 e. The SMILES string of the molecule is CC1CCCC2(CCCN(C)C2)CC1. The molecule has 14 heavy (non-hydrogen) atoms. The second-order valence-corrected chi connectivity index (χ2v) is 5.88. The van der Waals surface area contributed by atoms with E-state index in [1.807, 2.05) is 0 Å². The summed E-state index contributed by atoms with van der Waals surface area (Å²) in [4.78, 5) is 2.56. The van der Waals surface area contributed by atoms with E-state index in [4.69, 9.17) is 0 Å². The van der Waals surface area contributed by atoms with Crippen molar-refractivity contribution < 1.29 is 0 Å². The molecule has 1 heterocycles. The average Bonchev–Trinajstić information content (AvgIpc) is 2.30. The summed E-state index contributed by atoms with van der Waals surface area (Å²) in [6.45, 7) is 5.14. The first-order valence-electron chi connectivity index (χ1n) is 6.39. The van der Waals surface area contributed by atoms with Crippen LogP contribution in [-0.2, 0) is 0 Å². The molecule has 1 aliphatic carbocycles. The van der Waals surface area contributed by atoms with Gasteiger partial charge in [-0.1, -0.05) is 26.2 Å². The van der Waals surface area contributed by atoms with E-state index in [9.17, 15) is 0 Å². The molecule has 1 saturated heterocycles. The third kappa shape index (κ3) is 2.31. The molecular formula is C13H25N. The van der Waals surface area contributed by atoms with Gasteiger partial charge in [-0.3, -0.25) is 0 Å². The van der Waals surface area contributed by atoms with Crippen LogP contribution in [-0.4, -0.2) is 25.0 Å². The van der Waals surface area contributed by atoms with Crippen molar-refractivity contribution in [2.24, 2.45) is 11.3 Å². The van der Waals surface area contributed by atoms with Crippen LogP contribution in [0.2, 0.25) is 0 Å². The van der Waals surface area contributed by atoms with Crippen molar-refractivity contribution in [1.29, 1.82) is 0 Å². The van der Waals surface area contributed by atoms with E-state index in [0.29, 0.717) is 0 Å². The van der Waals surface area contributed by atoms with Gasteiger partial charge in [-0.2, -0.15) is 0 Å². The van der Waals surface area contributed by atoms with Crippen LogP contribution in [0.15, 0.2) is 0 Å². The van der Waals surface area contributed by atoms with Gasteiger partial charge in [0, 0.05) is 6.54 Å². The molecule has 2 rings (SSSR count). The summed E-state index contributed by atoms with van der Waals surface area (Å²) < 4.78 is 0. The fourth-order valence-corrected chi connectivity index (χ4v) is 3.51. The van der Waals surface area contributed by atoms with Crippen LogP contribution in [0.5, 0.6) is 0 Å². The zero-order valence-electron chi connectivity index (χ0n) is 9.89. The summed E-state index contributed by atoms with van der Waals surface area (Å²) in [6, 6.07) is 0. The van der Waals surface area contributed by atoms with Crippen molar-refractivity contribution in [3.63, 3.8) is 0 Å². The average molecular weight is 195 g/mol. The van der Waals surface area contributed by atoms with Crippen molar-refractivity contribution in [3.8, 4) is 0 Å². The quantitative estimate of drug-likeness (QED) is 0.573. The summed E-state index contributed by atoms with van der Waals surface area (Å²) in [6.07, 6.45) is 10.4. The molecule has 1 nitrogen and oxygen atoms in total. The highest BCUT2D eigenvalue weighted by atomic mass is 15.1. The lowest BCUT2D eigenvalue weighted by Gasteiger charge is -2.41. The van der Waals surface area contributed by atoms with Crippen LogP contribution < -0.4 is 0 Å². The Balaban J connectivity index is 1.99. The molecule has 82 valence electrons. The minimum absolute atomic E-state index is 0.720. The third-order valence-corrected chi connectivity index (χ3v) is 4.42. The Morgan fingerprint density at radius 1 is 1.07 bits per heavy atom. The molecule has 0 aromatic carbocycles. The Morgan fingerprint density at radius 2 is 1.86 bits per heavy atom. The van der Waals surface area contributed by atoms with E-state index in [0.717, 1.165) is 11.3 Å². The highest BCUT2D eigenvalue weighted by Crippen LogP contribution is 2.42. The van der Waals surface area contributed by atoms with Gasteiger partial charge in [-0.25, -0.2) is 0 Å². The molecule has 0 N–H and O–H groups in total. The second-order valence-electron chi connectivity index (χ2n) is 5.88. The summed E-state index contributed by atoms with van der Waals surface area (Å²) in [5, 5.41) is 0. The van der Waals surface area contributed by atoms with E-state index in [2.05, 4.69) is 18.9 Å². The molecule has 2 unspecified atom stereocenters.